The molecule has 0 amide bonds. The highest BCUT2D eigenvalue weighted by molar-refractivity contribution is 8.03. The average molecular weight is 487 g/mol. The fourth-order valence-corrected chi connectivity index (χ4v) is 4.28. The first-order chi connectivity index (χ1) is 16.4. The number of thioether (sulfide) groups is 1. The van der Waals surface area contributed by atoms with Crippen LogP contribution in [0.1, 0.15) is 17.5 Å². The van der Waals surface area contributed by atoms with Crippen LogP contribution in [0.25, 0.3) is 0 Å². The first-order valence-corrected chi connectivity index (χ1v) is 11.9. The van der Waals surface area contributed by atoms with Gasteiger partial charge in [-0.2, -0.15) is 0 Å². The molecule has 0 saturated carbocycles. The van der Waals surface area contributed by atoms with Gasteiger partial charge in [0.25, 0.3) is 0 Å². The molecule has 9 heteroatoms. The van der Waals surface area contributed by atoms with Gasteiger partial charge in [0.2, 0.25) is 0 Å². The van der Waals surface area contributed by atoms with E-state index in [-0.39, 0.29) is 17.5 Å². The normalized spacial score (nSPS) is 14.9. The Balaban J connectivity index is 1.97. The number of aliphatic imine (C=N–C) groups is 2. The first kappa shape index (κ1) is 27.3. The maximum Gasteiger partial charge on any atom is 0.144 e. The van der Waals surface area contributed by atoms with E-state index in [2.05, 4.69) is 44.8 Å². The van der Waals surface area contributed by atoms with Crippen LogP contribution in [0.15, 0.2) is 57.3 Å². The van der Waals surface area contributed by atoms with Crippen LogP contribution in [0.3, 0.4) is 0 Å². The molecule has 1 aromatic rings. The maximum atomic E-state index is 14.4. The average Bonchev–Trinajstić information content (AvgIpc) is 2.83. The molecule has 2 N–H and O–H groups in total. The van der Waals surface area contributed by atoms with Crippen molar-refractivity contribution in [2.75, 3.05) is 46.2 Å². The second-order valence-electron chi connectivity index (χ2n) is 7.54. The van der Waals surface area contributed by atoms with Gasteiger partial charge in [0.05, 0.1) is 11.4 Å². The second kappa shape index (κ2) is 14.4. The number of benzene rings is 1. The number of nitrogens with one attached hydrogen (secondary N) is 2. The van der Waals surface area contributed by atoms with Crippen LogP contribution >= 0.6 is 11.8 Å². The van der Waals surface area contributed by atoms with Crippen molar-refractivity contribution in [3.63, 3.8) is 0 Å². The van der Waals surface area contributed by atoms with E-state index in [1.165, 1.54) is 12.1 Å². The molecule has 1 heterocycles. The van der Waals surface area contributed by atoms with Crippen molar-refractivity contribution in [3.05, 3.63) is 70.0 Å². The summed E-state index contributed by atoms with van der Waals surface area (Å²) in [5.41, 5.74) is 5.04. The lowest BCUT2D eigenvalue weighted by molar-refractivity contribution is 0.307. The van der Waals surface area contributed by atoms with Gasteiger partial charge in [-0.15, -0.1) is 18.2 Å². The Kier molecular flexibility index (Phi) is 11.5. The SMILES string of the molecule is C#Cc1ccc(F)c(CC/C(C=NC)=C/N(C)NCS/C(=C\N=C)C(=C)N2CCNCC2)c1F. The predicted molar refractivity (Wildman–Crippen MR) is 140 cm³/mol. The summed E-state index contributed by atoms with van der Waals surface area (Å²) in [6.07, 6.45) is 11.1. The number of halogens is 2. The van der Waals surface area contributed by atoms with Crippen molar-refractivity contribution >= 4 is 24.7 Å². The van der Waals surface area contributed by atoms with Crippen molar-refractivity contribution in [3.8, 4) is 12.3 Å². The number of rotatable bonds is 12. The Morgan fingerprint density at radius 3 is 2.76 bits per heavy atom. The molecular formula is C25H32F2N6S. The summed E-state index contributed by atoms with van der Waals surface area (Å²) >= 11 is 1.57. The third-order valence-electron chi connectivity index (χ3n) is 5.19. The molecule has 1 fully saturated rings. The molecule has 0 atom stereocenters. The van der Waals surface area contributed by atoms with Crippen molar-refractivity contribution in [1.29, 1.82) is 0 Å². The summed E-state index contributed by atoms with van der Waals surface area (Å²) in [7, 11) is 3.50. The monoisotopic (exact) mass is 486 g/mol. The summed E-state index contributed by atoms with van der Waals surface area (Å²) in [5.74, 6) is 1.52. The summed E-state index contributed by atoms with van der Waals surface area (Å²) in [4.78, 5) is 11.2. The van der Waals surface area contributed by atoms with E-state index >= 15 is 0 Å². The highest BCUT2D eigenvalue weighted by atomic mass is 32.2. The molecule has 182 valence electrons. The molecule has 0 aromatic heterocycles. The molecule has 1 aliphatic heterocycles. The van der Waals surface area contributed by atoms with Gasteiger partial charge in [0.1, 0.15) is 11.6 Å². The van der Waals surface area contributed by atoms with E-state index in [9.17, 15) is 8.78 Å². The van der Waals surface area contributed by atoms with Crippen LogP contribution in [-0.2, 0) is 6.42 Å². The quantitative estimate of drug-likeness (QED) is 0.156. The third kappa shape index (κ3) is 8.13. The predicted octanol–water partition coefficient (Wildman–Crippen LogP) is 3.55. The van der Waals surface area contributed by atoms with Crippen LogP contribution in [0.4, 0.5) is 8.78 Å². The van der Waals surface area contributed by atoms with E-state index in [0.717, 1.165) is 42.4 Å². The van der Waals surface area contributed by atoms with E-state index in [4.69, 9.17) is 6.42 Å². The minimum absolute atomic E-state index is 0.0184. The largest absolute Gasteiger partial charge is 0.369 e. The third-order valence-corrected chi connectivity index (χ3v) is 6.12. The van der Waals surface area contributed by atoms with E-state index < -0.39 is 11.6 Å². The number of hydrogen-bond acceptors (Lipinski definition) is 7. The number of hydrogen-bond donors (Lipinski definition) is 2. The Morgan fingerprint density at radius 2 is 2.12 bits per heavy atom. The topological polar surface area (TPSA) is 55.3 Å². The first-order valence-electron chi connectivity index (χ1n) is 10.9. The zero-order chi connectivity index (χ0) is 24.9. The lowest BCUT2D eigenvalue weighted by Crippen LogP contribution is -2.42. The molecule has 0 spiro atoms. The molecule has 1 aliphatic rings. The van der Waals surface area contributed by atoms with Crippen LogP contribution in [0.2, 0.25) is 0 Å². The fraction of sp³-hybridized carbons (Fsp3) is 0.360. The summed E-state index contributed by atoms with van der Waals surface area (Å²) < 4.78 is 28.6. The van der Waals surface area contributed by atoms with Gasteiger partial charge in [-0.3, -0.25) is 9.98 Å². The van der Waals surface area contributed by atoms with E-state index in [1.807, 2.05) is 13.2 Å². The van der Waals surface area contributed by atoms with Gasteiger partial charge in [0.15, 0.2) is 0 Å². The van der Waals surface area contributed by atoms with Crippen molar-refractivity contribution in [2.24, 2.45) is 9.98 Å². The Hall–Kier alpha value is -2.93. The van der Waals surface area contributed by atoms with Crippen LogP contribution < -0.4 is 10.7 Å². The van der Waals surface area contributed by atoms with Gasteiger partial charge in [-0.25, -0.2) is 14.2 Å². The molecule has 1 aromatic carbocycles. The number of terminal acetylenes is 1. The zero-order valence-electron chi connectivity index (χ0n) is 19.8. The molecule has 2 rings (SSSR count). The standard InChI is InChI=1S/C25H32F2N6S/c1-6-21-8-10-23(26)22(25(21)27)9-7-20(15-28-3)17-32(5)31-18-34-24(16-29-4)19(2)33-13-11-30-12-14-33/h1,8,10,15-17,30-31H,2,4,7,9,11-14,18H2,3,5H3/b20-17-,24-16-,28-15?. The van der Waals surface area contributed by atoms with Gasteiger partial charge in [0, 0.05) is 75.1 Å². The minimum atomic E-state index is -0.682. The van der Waals surface area contributed by atoms with Crippen LogP contribution in [0.5, 0.6) is 0 Å². The lowest BCUT2D eigenvalue weighted by Gasteiger charge is -2.31. The van der Waals surface area contributed by atoms with Gasteiger partial charge >= 0.3 is 0 Å². The van der Waals surface area contributed by atoms with Crippen LogP contribution in [-0.4, -0.2) is 69.0 Å². The summed E-state index contributed by atoms with van der Waals surface area (Å²) in [6, 6.07) is 2.47. The molecule has 6 nitrogen and oxygen atoms in total. The molecule has 1 saturated heterocycles. The van der Waals surface area contributed by atoms with Gasteiger partial charge in [-0.1, -0.05) is 12.5 Å². The molecule has 0 bridgehead atoms. The molecule has 0 radical (unpaired) electrons. The Morgan fingerprint density at radius 1 is 1.38 bits per heavy atom. The number of piperazine rings is 1. The van der Waals surface area contributed by atoms with Gasteiger partial charge in [-0.05, 0) is 37.3 Å². The van der Waals surface area contributed by atoms with Crippen molar-refractivity contribution < 1.29 is 8.78 Å². The summed E-state index contributed by atoms with van der Waals surface area (Å²) in [6.45, 7) is 11.4. The fourth-order valence-electron chi connectivity index (χ4n) is 3.41. The van der Waals surface area contributed by atoms with E-state index in [1.54, 1.807) is 36.2 Å². The highest BCUT2D eigenvalue weighted by Crippen LogP contribution is 2.25. The van der Waals surface area contributed by atoms with Crippen molar-refractivity contribution in [2.45, 2.75) is 12.8 Å². The summed E-state index contributed by atoms with van der Waals surface area (Å²) in [5, 5.41) is 5.12. The van der Waals surface area contributed by atoms with Crippen LogP contribution in [0, 0.1) is 24.0 Å². The smallest absolute Gasteiger partial charge is 0.144 e. The number of hydrazine groups is 1. The minimum Gasteiger partial charge on any atom is -0.369 e. The number of allylic oxidation sites excluding steroid dienone is 1. The Bertz CT molecular complexity index is 990. The van der Waals surface area contributed by atoms with Gasteiger partial charge < -0.3 is 15.2 Å². The molecule has 0 unspecified atom stereocenters. The molecular weight excluding hydrogens is 454 g/mol. The lowest BCUT2D eigenvalue weighted by atomic mass is 10.0. The number of nitrogens with zero attached hydrogens (tertiary/aromatic N) is 4. The Labute approximate surface area is 205 Å². The second-order valence-corrected chi connectivity index (χ2v) is 8.56. The van der Waals surface area contributed by atoms with Crippen molar-refractivity contribution in [1.82, 2.24) is 20.7 Å². The molecule has 0 aliphatic carbocycles. The highest BCUT2D eigenvalue weighted by Gasteiger charge is 2.16. The maximum absolute atomic E-state index is 14.4. The van der Waals surface area contributed by atoms with E-state index in [0.29, 0.717) is 12.3 Å². The molecule has 34 heavy (non-hydrogen) atoms. The zero-order valence-corrected chi connectivity index (χ0v) is 20.6.